The van der Waals surface area contributed by atoms with Gasteiger partial charge in [0.05, 0.1) is 26.9 Å². The number of benzene rings is 2. The third kappa shape index (κ3) is 3.57. The fraction of sp³-hybridized carbons (Fsp3) is 0.158. The zero-order valence-corrected chi connectivity index (χ0v) is 16.0. The zero-order valence-electron chi connectivity index (χ0n) is 14.4. The molecule has 0 atom stereocenters. The van der Waals surface area contributed by atoms with E-state index in [0.29, 0.717) is 32.8 Å². The number of aliphatic imine (C=N–C) groups is 1. The molecule has 0 aliphatic carbocycles. The highest BCUT2D eigenvalue weighted by Gasteiger charge is 2.26. The Bertz CT molecular complexity index is 920. The summed E-state index contributed by atoms with van der Waals surface area (Å²) in [6, 6.07) is 10.6. The van der Waals surface area contributed by atoms with E-state index in [1.165, 1.54) is 0 Å². The first kappa shape index (κ1) is 18.0. The quantitative estimate of drug-likeness (QED) is 0.546. The summed E-state index contributed by atoms with van der Waals surface area (Å²) in [4.78, 5) is 16.6. The van der Waals surface area contributed by atoms with Crippen LogP contribution in [0.2, 0.25) is 0 Å². The number of methoxy groups -OCH3 is 3. The van der Waals surface area contributed by atoms with E-state index in [2.05, 4.69) is 20.9 Å². The van der Waals surface area contributed by atoms with Crippen LogP contribution in [0.1, 0.15) is 11.1 Å². The zero-order chi connectivity index (χ0) is 18.7. The summed E-state index contributed by atoms with van der Waals surface area (Å²) in [7, 11) is 4.71. The molecule has 1 heterocycles. The number of rotatable bonds is 5. The van der Waals surface area contributed by atoms with Crippen molar-refractivity contribution in [1.29, 1.82) is 0 Å². The van der Waals surface area contributed by atoms with E-state index in [-0.39, 0.29) is 11.6 Å². The number of cyclic esters (lactones) is 1. The van der Waals surface area contributed by atoms with Gasteiger partial charge in [0.25, 0.3) is 0 Å². The summed E-state index contributed by atoms with van der Waals surface area (Å²) in [5.74, 6) is 1.61. The first-order valence-corrected chi connectivity index (χ1v) is 8.43. The first-order chi connectivity index (χ1) is 12.5. The molecule has 26 heavy (non-hydrogen) atoms. The Kier molecular flexibility index (Phi) is 5.27. The van der Waals surface area contributed by atoms with Crippen molar-refractivity contribution in [1.82, 2.24) is 0 Å². The number of nitrogens with zero attached hydrogens (tertiary/aromatic N) is 1. The number of hydrogen-bond acceptors (Lipinski definition) is 6. The molecule has 2 aromatic rings. The smallest absolute Gasteiger partial charge is 0.363 e. The molecule has 1 aliphatic heterocycles. The van der Waals surface area contributed by atoms with Gasteiger partial charge in [0.1, 0.15) is 17.2 Å². The molecule has 3 rings (SSSR count). The predicted molar refractivity (Wildman–Crippen MR) is 101 cm³/mol. The summed E-state index contributed by atoms with van der Waals surface area (Å²) >= 11 is 3.44. The molecule has 0 fully saturated rings. The van der Waals surface area contributed by atoms with Gasteiger partial charge >= 0.3 is 5.97 Å². The van der Waals surface area contributed by atoms with Gasteiger partial charge in [0, 0.05) is 10.0 Å². The average molecular weight is 418 g/mol. The lowest BCUT2D eigenvalue weighted by Crippen LogP contribution is -2.06. The van der Waals surface area contributed by atoms with E-state index in [4.69, 9.17) is 18.9 Å². The minimum Gasteiger partial charge on any atom is -0.497 e. The third-order valence-corrected chi connectivity index (χ3v) is 4.41. The van der Waals surface area contributed by atoms with Crippen molar-refractivity contribution in [2.45, 2.75) is 0 Å². The lowest BCUT2D eigenvalue weighted by Gasteiger charge is -2.07. The maximum Gasteiger partial charge on any atom is 0.363 e. The van der Waals surface area contributed by atoms with Gasteiger partial charge in [0.15, 0.2) is 5.70 Å². The molecule has 0 saturated heterocycles. The second-order valence-electron chi connectivity index (χ2n) is 5.29. The predicted octanol–water partition coefficient (Wildman–Crippen LogP) is 3.82. The summed E-state index contributed by atoms with van der Waals surface area (Å²) in [6.45, 7) is 0. The molecule has 0 spiro atoms. The van der Waals surface area contributed by atoms with Crippen LogP contribution in [0.25, 0.3) is 6.08 Å². The van der Waals surface area contributed by atoms with Crippen molar-refractivity contribution in [3.8, 4) is 17.2 Å². The molecular weight excluding hydrogens is 402 g/mol. The van der Waals surface area contributed by atoms with Gasteiger partial charge in [-0.15, -0.1) is 0 Å². The van der Waals surface area contributed by atoms with Crippen LogP contribution in [-0.2, 0) is 9.53 Å². The van der Waals surface area contributed by atoms with E-state index in [1.54, 1.807) is 63.8 Å². The highest BCUT2D eigenvalue weighted by molar-refractivity contribution is 9.10. The summed E-state index contributed by atoms with van der Waals surface area (Å²) in [6.07, 6.45) is 1.61. The largest absolute Gasteiger partial charge is 0.497 e. The van der Waals surface area contributed by atoms with Crippen LogP contribution in [0.4, 0.5) is 0 Å². The van der Waals surface area contributed by atoms with E-state index < -0.39 is 5.97 Å². The Morgan fingerprint density at radius 3 is 2.35 bits per heavy atom. The van der Waals surface area contributed by atoms with Gasteiger partial charge in [-0.2, -0.15) is 0 Å². The van der Waals surface area contributed by atoms with E-state index in [1.807, 2.05) is 0 Å². The highest BCUT2D eigenvalue weighted by atomic mass is 79.9. The number of hydrogen-bond donors (Lipinski definition) is 0. The normalized spacial score (nSPS) is 14.8. The Balaban J connectivity index is 1.99. The Hall–Kier alpha value is -2.80. The molecule has 0 amide bonds. The lowest BCUT2D eigenvalue weighted by molar-refractivity contribution is -0.129. The lowest BCUT2D eigenvalue weighted by atomic mass is 10.1. The van der Waals surface area contributed by atoms with E-state index in [9.17, 15) is 4.79 Å². The average Bonchev–Trinajstić information content (AvgIpc) is 3.01. The fourth-order valence-corrected chi connectivity index (χ4v) is 2.95. The topological polar surface area (TPSA) is 66.3 Å². The van der Waals surface area contributed by atoms with Crippen molar-refractivity contribution >= 4 is 33.9 Å². The van der Waals surface area contributed by atoms with E-state index >= 15 is 0 Å². The number of esters is 1. The molecule has 7 heteroatoms. The van der Waals surface area contributed by atoms with Gasteiger partial charge in [0.2, 0.25) is 5.90 Å². The number of carbonyl (C=O) groups is 1. The fourth-order valence-electron chi connectivity index (χ4n) is 2.42. The molecule has 0 unspecified atom stereocenters. The molecule has 2 aromatic carbocycles. The SMILES string of the molecule is COc1ccc(C2=N/C(=C\c3cc(OC)ccc3OC)C(=O)O2)c(Br)c1. The Morgan fingerprint density at radius 2 is 1.69 bits per heavy atom. The van der Waals surface area contributed by atoms with Gasteiger partial charge in [-0.3, -0.25) is 0 Å². The monoisotopic (exact) mass is 417 g/mol. The first-order valence-electron chi connectivity index (χ1n) is 7.64. The van der Waals surface area contributed by atoms with Gasteiger partial charge in [-0.05, 0) is 58.4 Å². The molecule has 0 saturated carbocycles. The number of halogens is 1. The van der Waals surface area contributed by atoms with Crippen LogP contribution in [0.5, 0.6) is 17.2 Å². The molecular formula is C19H16BrNO5. The second kappa shape index (κ2) is 7.61. The molecule has 1 aliphatic rings. The number of ether oxygens (including phenoxy) is 4. The van der Waals surface area contributed by atoms with Crippen LogP contribution in [0.3, 0.4) is 0 Å². The van der Waals surface area contributed by atoms with E-state index in [0.717, 1.165) is 0 Å². The van der Waals surface area contributed by atoms with Crippen molar-refractivity contribution in [3.05, 3.63) is 57.7 Å². The summed E-state index contributed by atoms with van der Waals surface area (Å²) in [5, 5.41) is 0. The van der Waals surface area contributed by atoms with Gasteiger partial charge < -0.3 is 18.9 Å². The van der Waals surface area contributed by atoms with Crippen LogP contribution in [-0.4, -0.2) is 33.2 Å². The summed E-state index contributed by atoms with van der Waals surface area (Å²) < 4.78 is 21.7. The Labute approximate surface area is 159 Å². The molecule has 0 radical (unpaired) electrons. The molecule has 0 bridgehead atoms. The summed E-state index contributed by atoms with van der Waals surface area (Å²) in [5.41, 5.74) is 1.49. The molecule has 0 aromatic heterocycles. The van der Waals surface area contributed by atoms with Crippen molar-refractivity contribution in [2.24, 2.45) is 4.99 Å². The van der Waals surface area contributed by atoms with Crippen LogP contribution in [0.15, 0.2) is 51.6 Å². The highest BCUT2D eigenvalue weighted by Crippen LogP contribution is 2.30. The Morgan fingerprint density at radius 1 is 1.00 bits per heavy atom. The molecule has 6 nitrogen and oxygen atoms in total. The third-order valence-electron chi connectivity index (χ3n) is 3.76. The van der Waals surface area contributed by atoms with Crippen molar-refractivity contribution < 1.29 is 23.7 Å². The maximum atomic E-state index is 12.2. The standard InChI is InChI=1S/C19H16BrNO5/c1-23-12-5-7-17(25-3)11(8-12)9-16-19(22)26-18(21-16)14-6-4-13(24-2)10-15(14)20/h4-10H,1-3H3/b16-9-. The van der Waals surface area contributed by atoms with Crippen molar-refractivity contribution in [2.75, 3.05) is 21.3 Å². The van der Waals surface area contributed by atoms with Crippen LogP contribution < -0.4 is 14.2 Å². The van der Waals surface area contributed by atoms with Crippen molar-refractivity contribution in [3.63, 3.8) is 0 Å². The van der Waals surface area contributed by atoms with Crippen LogP contribution in [0, 0.1) is 0 Å². The maximum absolute atomic E-state index is 12.2. The second-order valence-corrected chi connectivity index (χ2v) is 6.14. The minimum atomic E-state index is -0.535. The van der Waals surface area contributed by atoms with Crippen LogP contribution >= 0.6 is 15.9 Å². The molecule has 0 N–H and O–H groups in total. The minimum absolute atomic E-state index is 0.175. The number of carbonyl (C=O) groups excluding carboxylic acids is 1. The van der Waals surface area contributed by atoms with Gasteiger partial charge in [-0.25, -0.2) is 9.79 Å². The molecule has 134 valence electrons. The van der Waals surface area contributed by atoms with Gasteiger partial charge in [-0.1, -0.05) is 0 Å².